The van der Waals surface area contributed by atoms with Crippen molar-refractivity contribution in [2.45, 2.75) is 6.42 Å². The van der Waals surface area contributed by atoms with E-state index in [1.807, 2.05) is 6.07 Å². The molecule has 0 atom stereocenters. The lowest BCUT2D eigenvalue weighted by molar-refractivity contribution is -0.133. The van der Waals surface area contributed by atoms with Crippen LogP contribution in [0, 0.1) is 0 Å². The smallest absolute Gasteiger partial charge is 0.325 e. The van der Waals surface area contributed by atoms with E-state index in [1.165, 1.54) is 8.05 Å². The molecule has 0 aliphatic rings. The van der Waals surface area contributed by atoms with Gasteiger partial charge in [-0.15, -0.1) is 0 Å². The Morgan fingerprint density at radius 2 is 2.55 bits per heavy atom. The zero-order valence-corrected chi connectivity index (χ0v) is 6.28. The summed E-state index contributed by atoms with van der Waals surface area (Å²) >= 11 is 0. The van der Waals surface area contributed by atoms with Crippen molar-refractivity contribution in [2.24, 2.45) is 0 Å². The van der Waals surface area contributed by atoms with Crippen LogP contribution < -0.4 is 0 Å². The molecule has 3 nitrogen and oxygen atoms in total. The predicted octanol–water partition coefficient (Wildman–Crippen LogP) is -0.285. The van der Waals surface area contributed by atoms with Crippen LogP contribution in [-0.4, -0.2) is 19.0 Å². The van der Waals surface area contributed by atoms with Crippen molar-refractivity contribution in [3.63, 3.8) is 0 Å². The standard InChI is InChI=1S/C7H8BNO2/c8-11-7(10)4-6-2-1-3-9-5-6/h1-3,5H,4,8H2. The molecule has 1 rings (SSSR count). The van der Waals surface area contributed by atoms with E-state index in [1.54, 1.807) is 18.5 Å². The van der Waals surface area contributed by atoms with Gasteiger partial charge in [-0.1, -0.05) is 6.07 Å². The Balaban J connectivity index is 2.58. The highest BCUT2D eigenvalue weighted by molar-refractivity contribution is 6.05. The fourth-order valence-electron chi connectivity index (χ4n) is 0.742. The summed E-state index contributed by atoms with van der Waals surface area (Å²) < 4.78 is 4.49. The number of carbonyl (C=O) groups excluding carboxylic acids is 1. The van der Waals surface area contributed by atoms with E-state index in [4.69, 9.17) is 0 Å². The summed E-state index contributed by atoms with van der Waals surface area (Å²) in [6.45, 7) is 0. The highest BCUT2D eigenvalue weighted by Crippen LogP contribution is 1.97. The molecule has 0 spiro atoms. The second-order valence-corrected chi connectivity index (χ2v) is 2.11. The molecule has 0 bridgehead atoms. The fraction of sp³-hybridized carbons (Fsp3) is 0.143. The number of hydrogen-bond acceptors (Lipinski definition) is 3. The molecule has 0 unspecified atom stereocenters. The third kappa shape index (κ3) is 2.41. The Hall–Kier alpha value is -1.32. The van der Waals surface area contributed by atoms with Gasteiger partial charge in [0.25, 0.3) is 5.97 Å². The molecule has 0 N–H and O–H groups in total. The number of aromatic nitrogens is 1. The van der Waals surface area contributed by atoms with Gasteiger partial charge in [0, 0.05) is 12.4 Å². The van der Waals surface area contributed by atoms with Crippen LogP contribution in [0.5, 0.6) is 0 Å². The summed E-state index contributed by atoms with van der Waals surface area (Å²) in [5.74, 6) is -0.238. The number of nitrogens with zero attached hydrogens (tertiary/aromatic N) is 1. The first kappa shape index (κ1) is 7.79. The first-order valence-corrected chi connectivity index (χ1v) is 3.28. The average molecular weight is 149 g/mol. The van der Waals surface area contributed by atoms with E-state index in [-0.39, 0.29) is 5.97 Å². The molecule has 11 heavy (non-hydrogen) atoms. The van der Waals surface area contributed by atoms with Gasteiger partial charge in [0.1, 0.15) is 0 Å². The Labute approximate surface area is 65.8 Å². The third-order valence-electron chi connectivity index (χ3n) is 1.30. The first-order chi connectivity index (χ1) is 5.33. The lowest BCUT2D eigenvalue weighted by Crippen LogP contribution is -2.05. The largest absolute Gasteiger partial charge is 0.543 e. The van der Waals surface area contributed by atoms with Crippen molar-refractivity contribution >= 4 is 14.0 Å². The van der Waals surface area contributed by atoms with E-state index in [0.29, 0.717) is 6.42 Å². The van der Waals surface area contributed by atoms with Crippen LogP contribution in [0.3, 0.4) is 0 Å². The lowest BCUT2D eigenvalue weighted by Gasteiger charge is -1.97. The highest BCUT2D eigenvalue weighted by atomic mass is 16.5. The lowest BCUT2D eigenvalue weighted by atomic mass is 10.2. The highest BCUT2D eigenvalue weighted by Gasteiger charge is 1.99. The Kier molecular flexibility index (Phi) is 2.66. The number of rotatable bonds is 2. The minimum atomic E-state index is -0.238. The average Bonchev–Trinajstić information content (AvgIpc) is 2.06. The molecule has 1 heterocycles. The molecule has 56 valence electrons. The molecule has 1 aromatic heterocycles. The van der Waals surface area contributed by atoms with Crippen molar-refractivity contribution in [3.05, 3.63) is 30.1 Å². The number of hydrogen-bond donors (Lipinski definition) is 0. The van der Waals surface area contributed by atoms with Crippen LogP contribution in [-0.2, 0) is 15.9 Å². The van der Waals surface area contributed by atoms with E-state index < -0.39 is 0 Å². The van der Waals surface area contributed by atoms with Crippen molar-refractivity contribution in [1.82, 2.24) is 4.98 Å². The predicted molar refractivity (Wildman–Crippen MR) is 42.6 cm³/mol. The number of pyridine rings is 1. The van der Waals surface area contributed by atoms with Gasteiger partial charge in [-0.05, 0) is 11.6 Å². The van der Waals surface area contributed by atoms with Crippen molar-refractivity contribution in [2.75, 3.05) is 0 Å². The zero-order chi connectivity index (χ0) is 8.10. The Morgan fingerprint density at radius 3 is 3.09 bits per heavy atom. The van der Waals surface area contributed by atoms with Crippen LogP contribution >= 0.6 is 0 Å². The Morgan fingerprint density at radius 1 is 1.73 bits per heavy atom. The minimum absolute atomic E-state index is 0.238. The maximum Gasteiger partial charge on any atom is 0.325 e. The summed E-state index contributed by atoms with van der Waals surface area (Å²) in [5.41, 5.74) is 0.874. The van der Waals surface area contributed by atoms with Gasteiger partial charge in [-0.3, -0.25) is 9.78 Å². The van der Waals surface area contributed by atoms with Crippen LogP contribution in [0.15, 0.2) is 24.5 Å². The zero-order valence-electron chi connectivity index (χ0n) is 6.28. The van der Waals surface area contributed by atoms with Gasteiger partial charge in [0.2, 0.25) is 0 Å². The molecule has 0 saturated carbocycles. The van der Waals surface area contributed by atoms with E-state index >= 15 is 0 Å². The normalized spacial score (nSPS) is 9.09. The van der Waals surface area contributed by atoms with Crippen molar-refractivity contribution in [3.8, 4) is 0 Å². The van der Waals surface area contributed by atoms with Crippen molar-refractivity contribution in [1.29, 1.82) is 0 Å². The molecule has 0 aliphatic heterocycles. The van der Waals surface area contributed by atoms with Crippen molar-refractivity contribution < 1.29 is 9.45 Å². The Bertz CT molecular complexity index is 237. The van der Waals surface area contributed by atoms with Gasteiger partial charge < -0.3 is 4.65 Å². The molecule has 1 aromatic rings. The summed E-state index contributed by atoms with van der Waals surface area (Å²) in [5, 5.41) is 0. The fourth-order valence-corrected chi connectivity index (χ4v) is 0.742. The summed E-state index contributed by atoms with van der Waals surface area (Å²) in [7, 11) is 1.37. The summed E-state index contributed by atoms with van der Waals surface area (Å²) in [4.78, 5) is 14.6. The van der Waals surface area contributed by atoms with Crippen LogP contribution in [0.25, 0.3) is 0 Å². The second kappa shape index (κ2) is 3.76. The molecule has 0 radical (unpaired) electrons. The minimum Gasteiger partial charge on any atom is -0.543 e. The van der Waals surface area contributed by atoms with Gasteiger partial charge >= 0.3 is 8.05 Å². The summed E-state index contributed by atoms with van der Waals surface area (Å²) in [6, 6.07) is 3.63. The van der Waals surface area contributed by atoms with Gasteiger partial charge in [0.15, 0.2) is 0 Å². The number of carbonyl (C=O) groups is 1. The molecule has 0 aromatic carbocycles. The van der Waals surface area contributed by atoms with Gasteiger partial charge in [-0.2, -0.15) is 0 Å². The van der Waals surface area contributed by atoms with E-state index in [0.717, 1.165) is 5.56 Å². The van der Waals surface area contributed by atoms with Gasteiger partial charge in [0.05, 0.1) is 6.42 Å². The molecule has 0 fully saturated rings. The topological polar surface area (TPSA) is 39.2 Å². The van der Waals surface area contributed by atoms with Crippen LogP contribution in [0.4, 0.5) is 0 Å². The quantitative estimate of drug-likeness (QED) is 0.542. The van der Waals surface area contributed by atoms with Crippen LogP contribution in [0.2, 0.25) is 0 Å². The van der Waals surface area contributed by atoms with E-state index in [9.17, 15) is 4.79 Å². The first-order valence-electron chi connectivity index (χ1n) is 3.28. The summed E-state index contributed by atoms with van der Waals surface area (Å²) in [6.07, 6.45) is 3.61. The maximum absolute atomic E-state index is 10.7. The SMILES string of the molecule is BOC(=O)Cc1cccnc1. The molecule has 4 heteroatoms. The second-order valence-electron chi connectivity index (χ2n) is 2.11. The van der Waals surface area contributed by atoms with Crippen LogP contribution in [0.1, 0.15) is 5.56 Å². The molecule has 0 amide bonds. The molecular formula is C7H8BNO2. The molecular weight excluding hydrogens is 141 g/mol. The maximum atomic E-state index is 10.7. The third-order valence-corrected chi connectivity index (χ3v) is 1.30. The van der Waals surface area contributed by atoms with Gasteiger partial charge in [-0.25, -0.2) is 0 Å². The monoisotopic (exact) mass is 149 g/mol. The van der Waals surface area contributed by atoms with E-state index in [2.05, 4.69) is 9.64 Å². The molecule has 0 aliphatic carbocycles. The molecule has 0 saturated heterocycles.